The zero-order valence-corrected chi connectivity index (χ0v) is 22.2. The van der Waals surface area contributed by atoms with Gasteiger partial charge in [0.2, 0.25) is 0 Å². The van der Waals surface area contributed by atoms with Gasteiger partial charge in [-0.2, -0.15) is 9.98 Å². The minimum Gasteiger partial charge on any atom is -0.298 e. The number of aryl methyl sites for hydroxylation is 4. The standard InChI is InChI=1S/C34H31N4/c1-23-5-13-27(14-6-23)31-32(28-15-7-24(2)8-16-28)38(34-35-21-22-36-34,30-19-11-26(4)12-20-30)33(37-31)29-17-9-25(3)10-18-29/h5-22H,1-4H3,(H,35,36)/q+1. The van der Waals surface area contributed by atoms with Crippen LogP contribution in [0.3, 0.4) is 0 Å². The average molecular weight is 496 g/mol. The number of nitrogens with zero attached hydrogens (tertiary/aromatic N) is 3. The Hall–Kier alpha value is -4.54. The van der Waals surface area contributed by atoms with Gasteiger partial charge in [0.05, 0.1) is 11.8 Å². The van der Waals surface area contributed by atoms with Crippen LogP contribution >= 0.6 is 0 Å². The first-order valence-corrected chi connectivity index (χ1v) is 13.0. The summed E-state index contributed by atoms with van der Waals surface area (Å²) < 4.78 is 0.253. The summed E-state index contributed by atoms with van der Waals surface area (Å²) in [6, 6.07) is 34.8. The molecule has 0 amide bonds. The van der Waals surface area contributed by atoms with Crippen molar-refractivity contribution in [1.29, 1.82) is 0 Å². The molecule has 38 heavy (non-hydrogen) atoms. The van der Waals surface area contributed by atoms with Crippen molar-refractivity contribution >= 4 is 28.9 Å². The van der Waals surface area contributed by atoms with Gasteiger partial charge >= 0.3 is 5.95 Å². The van der Waals surface area contributed by atoms with Crippen molar-refractivity contribution in [2.45, 2.75) is 27.7 Å². The molecule has 2 heterocycles. The van der Waals surface area contributed by atoms with Gasteiger partial charge in [-0.15, -0.1) is 4.48 Å². The molecule has 0 aliphatic carbocycles. The van der Waals surface area contributed by atoms with Gasteiger partial charge in [-0.3, -0.25) is 4.98 Å². The van der Waals surface area contributed by atoms with E-state index in [1.165, 1.54) is 22.3 Å². The van der Waals surface area contributed by atoms with Gasteiger partial charge in [0.15, 0.2) is 11.4 Å². The topological polar surface area (TPSA) is 41.0 Å². The van der Waals surface area contributed by atoms with Crippen molar-refractivity contribution in [3.8, 4) is 0 Å². The van der Waals surface area contributed by atoms with Crippen molar-refractivity contribution < 1.29 is 0 Å². The monoisotopic (exact) mass is 495 g/mol. The summed E-state index contributed by atoms with van der Waals surface area (Å²) in [5.41, 5.74) is 11.2. The van der Waals surface area contributed by atoms with Gasteiger partial charge in [0.25, 0.3) is 5.84 Å². The maximum atomic E-state index is 5.49. The molecule has 1 aliphatic heterocycles. The van der Waals surface area contributed by atoms with E-state index in [4.69, 9.17) is 9.98 Å². The normalized spacial score (nSPS) is 17.1. The van der Waals surface area contributed by atoms with Gasteiger partial charge in [-0.25, -0.2) is 0 Å². The Labute approximate surface area is 224 Å². The molecule has 1 aromatic heterocycles. The summed E-state index contributed by atoms with van der Waals surface area (Å²) >= 11 is 0. The minimum absolute atomic E-state index is 0.253. The third-order valence-electron chi connectivity index (χ3n) is 7.28. The molecule has 0 fully saturated rings. The number of imidazole rings is 1. The smallest absolute Gasteiger partial charge is 0.298 e. The van der Waals surface area contributed by atoms with Crippen LogP contribution < -0.4 is 4.48 Å². The number of hydrogen-bond acceptors (Lipinski definition) is 2. The van der Waals surface area contributed by atoms with Gasteiger partial charge in [-0.1, -0.05) is 82.9 Å². The predicted molar refractivity (Wildman–Crippen MR) is 158 cm³/mol. The number of aromatic amines is 1. The number of aromatic nitrogens is 2. The molecule has 0 bridgehead atoms. The molecule has 0 spiro atoms. The van der Waals surface area contributed by atoms with Crippen molar-refractivity contribution in [1.82, 2.24) is 14.5 Å². The molecule has 0 saturated carbocycles. The fourth-order valence-electron chi connectivity index (χ4n) is 5.20. The van der Waals surface area contributed by atoms with Crippen molar-refractivity contribution in [3.05, 3.63) is 148 Å². The SMILES string of the molecule is Cc1ccc(C2=NC(c3ccc(C)cc3)=C(c3ccc(C)cc3)[N+]2(c2ccc(C)cc2)c2ncc[nH]2)cc1. The Balaban J connectivity index is 1.77. The molecule has 0 saturated heterocycles. The number of H-pyrrole nitrogens is 1. The van der Waals surface area contributed by atoms with Crippen LogP contribution in [0, 0.1) is 27.7 Å². The number of aliphatic imine (C=N–C) groups is 1. The Kier molecular flexibility index (Phi) is 5.90. The lowest BCUT2D eigenvalue weighted by Crippen LogP contribution is -2.47. The van der Waals surface area contributed by atoms with E-state index in [0.29, 0.717) is 0 Å². The Bertz CT molecular complexity index is 1640. The minimum atomic E-state index is 0.253. The maximum Gasteiger partial charge on any atom is 0.323 e. The summed E-state index contributed by atoms with van der Waals surface area (Å²) in [6.07, 6.45) is 3.72. The molecular formula is C34H31N4+. The molecule has 1 aliphatic rings. The largest absolute Gasteiger partial charge is 0.323 e. The van der Waals surface area contributed by atoms with Gasteiger partial charge < -0.3 is 0 Å². The van der Waals surface area contributed by atoms with Gasteiger partial charge in [-0.05, 0) is 52.0 Å². The second kappa shape index (κ2) is 9.40. The quantitative estimate of drug-likeness (QED) is 0.245. The molecule has 1 N–H and O–H groups in total. The summed E-state index contributed by atoms with van der Waals surface area (Å²) in [4.78, 5) is 13.9. The van der Waals surface area contributed by atoms with Gasteiger partial charge in [0, 0.05) is 29.5 Å². The van der Waals surface area contributed by atoms with E-state index < -0.39 is 0 Å². The first-order chi connectivity index (χ1) is 18.5. The van der Waals surface area contributed by atoms with Crippen molar-refractivity contribution in [2.75, 3.05) is 0 Å². The number of quaternary nitrogens is 1. The van der Waals surface area contributed by atoms with E-state index in [1.807, 2.05) is 12.4 Å². The number of hydrogen-bond donors (Lipinski definition) is 1. The van der Waals surface area contributed by atoms with Crippen molar-refractivity contribution in [2.24, 2.45) is 4.99 Å². The fourth-order valence-corrected chi connectivity index (χ4v) is 5.20. The highest BCUT2D eigenvalue weighted by Crippen LogP contribution is 2.51. The van der Waals surface area contributed by atoms with E-state index in [0.717, 1.165) is 45.6 Å². The van der Waals surface area contributed by atoms with Crippen LogP contribution in [0.15, 0.2) is 114 Å². The molecule has 0 radical (unpaired) electrons. The zero-order chi connectivity index (χ0) is 26.3. The highest BCUT2D eigenvalue weighted by atomic mass is 15.5. The third kappa shape index (κ3) is 3.90. The molecular weight excluding hydrogens is 464 g/mol. The van der Waals surface area contributed by atoms with E-state index in [-0.39, 0.29) is 4.48 Å². The van der Waals surface area contributed by atoms with Crippen LogP contribution in [-0.4, -0.2) is 15.8 Å². The highest BCUT2D eigenvalue weighted by Gasteiger charge is 2.53. The lowest BCUT2D eigenvalue weighted by molar-refractivity contribution is 0.729. The maximum absolute atomic E-state index is 5.49. The zero-order valence-electron chi connectivity index (χ0n) is 22.2. The summed E-state index contributed by atoms with van der Waals surface area (Å²) in [7, 11) is 0. The van der Waals surface area contributed by atoms with Crippen LogP contribution in [-0.2, 0) is 0 Å². The summed E-state index contributed by atoms with van der Waals surface area (Å²) in [5, 5.41) is 0. The van der Waals surface area contributed by atoms with Crippen LogP contribution in [0.5, 0.6) is 0 Å². The number of rotatable bonds is 5. The lowest BCUT2D eigenvalue weighted by Gasteiger charge is -2.33. The first kappa shape index (κ1) is 23.8. The van der Waals surface area contributed by atoms with Crippen LogP contribution in [0.4, 0.5) is 11.6 Å². The average Bonchev–Trinajstić information content (AvgIpc) is 3.58. The predicted octanol–water partition coefficient (Wildman–Crippen LogP) is 8.27. The van der Waals surface area contributed by atoms with Gasteiger partial charge in [0.1, 0.15) is 5.70 Å². The van der Waals surface area contributed by atoms with Crippen LogP contribution in [0.1, 0.15) is 38.9 Å². The van der Waals surface area contributed by atoms with E-state index >= 15 is 0 Å². The number of benzene rings is 4. The van der Waals surface area contributed by atoms with Crippen LogP contribution in [0.25, 0.3) is 11.4 Å². The van der Waals surface area contributed by atoms with E-state index in [1.54, 1.807) is 0 Å². The van der Waals surface area contributed by atoms with E-state index in [2.05, 4.69) is 130 Å². The Morgan fingerprint density at radius 1 is 0.553 bits per heavy atom. The summed E-state index contributed by atoms with van der Waals surface area (Å²) in [5.74, 6) is 1.71. The summed E-state index contributed by atoms with van der Waals surface area (Å²) in [6.45, 7) is 8.47. The van der Waals surface area contributed by atoms with E-state index in [9.17, 15) is 0 Å². The molecule has 5 aromatic rings. The lowest BCUT2D eigenvalue weighted by atomic mass is 9.99. The first-order valence-electron chi connectivity index (χ1n) is 13.0. The number of nitrogens with one attached hydrogen (secondary N) is 1. The molecule has 4 nitrogen and oxygen atoms in total. The molecule has 4 heteroatoms. The molecule has 6 rings (SSSR count). The molecule has 1 atom stereocenters. The second-order valence-corrected chi connectivity index (χ2v) is 10.1. The Morgan fingerprint density at radius 3 is 1.53 bits per heavy atom. The fraction of sp³-hybridized carbons (Fsp3) is 0.118. The second-order valence-electron chi connectivity index (χ2n) is 10.1. The van der Waals surface area contributed by atoms with Crippen LogP contribution in [0.2, 0.25) is 0 Å². The third-order valence-corrected chi connectivity index (χ3v) is 7.28. The molecule has 1 unspecified atom stereocenters. The van der Waals surface area contributed by atoms with Crippen molar-refractivity contribution in [3.63, 3.8) is 0 Å². The Morgan fingerprint density at radius 2 is 1.03 bits per heavy atom. The number of amidine groups is 1. The molecule has 186 valence electrons. The highest BCUT2D eigenvalue weighted by molar-refractivity contribution is 6.24. The molecule has 4 aromatic carbocycles.